The summed E-state index contributed by atoms with van der Waals surface area (Å²) in [5.74, 6) is -0.871. The summed E-state index contributed by atoms with van der Waals surface area (Å²) in [6, 6.07) is -0.572. The van der Waals surface area contributed by atoms with Gasteiger partial charge in [-0.2, -0.15) is 0 Å². The Hall–Kier alpha value is 0.190. The van der Waals surface area contributed by atoms with Crippen LogP contribution in [0.3, 0.4) is 0 Å². The monoisotopic (exact) mass is 240 g/mol. The average Bonchev–Trinajstić information content (AvgIpc) is 2.75. The van der Waals surface area contributed by atoms with Crippen LogP contribution in [0.4, 0.5) is 0 Å². The maximum absolute atomic E-state index is 10.5. The highest BCUT2D eigenvalue weighted by atomic mass is 33.2. The van der Waals surface area contributed by atoms with Crippen molar-refractivity contribution in [1.82, 2.24) is 4.72 Å². The number of carboxylic acid groups (broad SMARTS) is 1. The molecular formula is C6H12N2O2S3. The lowest BCUT2D eigenvalue weighted by Gasteiger charge is -2.08. The lowest BCUT2D eigenvalue weighted by atomic mass is 10.1. The molecule has 0 amide bonds. The molecule has 3 atom stereocenters. The molecule has 1 heterocycles. The van der Waals surface area contributed by atoms with Gasteiger partial charge in [-0.05, 0) is 28.8 Å². The van der Waals surface area contributed by atoms with Gasteiger partial charge < -0.3 is 5.11 Å². The summed E-state index contributed by atoms with van der Waals surface area (Å²) in [5, 5.41) is 8.64. The highest BCUT2D eigenvalue weighted by Crippen LogP contribution is 2.59. The lowest BCUT2D eigenvalue weighted by molar-refractivity contribution is -0.139. The number of hydrogen-bond donors (Lipinski definition) is 4. The highest BCUT2D eigenvalue weighted by molar-refractivity contribution is 8.94. The first kappa shape index (κ1) is 11.3. The first-order valence-electron chi connectivity index (χ1n) is 3.92. The first-order chi connectivity index (χ1) is 6.15. The molecule has 1 saturated heterocycles. The molecule has 0 saturated carbocycles. The SMILES string of the molecule is N#[SH]1SC1CCCC(NS)C(=O)O. The minimum absolute atomic E-state index is 0.393. The fourth-order valence-corrected chi connectivity index (χ4v) is 3.71. The van der Waals surface area contributed by atoms with Crippen molar-refractivity contribution < 1.29 is 9.90 Å². The summed E-state index contributed by atoms with van der Waals surface area (Å²) in [5.41, 5.74) is 0. The molecule has 0 bridgehead atoms. The number of nitrogens with one attached hydrogen (secondary N) is 1. The van der Waals surface area contributed by atoms with Gasteiger partial charge in [0.15, 0.2) is 0 Å². The normalized spacial score (nSPS) is 28.3. The molecule has 1 aliphatic rings. The van der Waals surface area contributed by atoms with Crippen LogP contribution in [-0.2, 0) is 4.79 Å². The van der Waals surface area contributed by atoms with Crippen LogP contribution in [0.1, 0.15) is 19.3 Å². The van der Waals surface area contributed by atoms with E-state index in [1.165, 1.54) is 0 Å². The van der Waals surface area contributed by atoms with Crippen molar-refractivity contribution in [3.63, 3.8) is 0 Å². The summed E-state index contributed by atoms with van der Waals surface area (Å²) < 4.78 is 11.9. The van der Waals surface area contributed by atoms with E-state index in [4.69, 9.17) is 9.71 Å². The van der Waals surface area contributed by atoms with Crippen LogP contribution in [0, 0.1) is 4.61 Å². The van der Waals surface area contributed by atoms with Crippen molar-refractivity contribution in [2.24, 2.45) is 0 Å². The molecule has 0 aromatic carbocycles. The minimum Gasteiger partial charge on any atom is -0.480 e. The van der Waals surface area contributed by atoms with Crippen molar-refractivity contribution in [1.29, 1.82) is 4.61 Å². The number of aliphatic carboxylic acids is 1. The third-order valence-electron chi connectivity index (χ3n) is 1.83. The van der Waals surface area contributed by atoms with Crippen molar-refractivity contribution >= 4 is 39.1 Å². The number of rotatable bonds is 6. The Morgan fingerprint density at radius 3 is 2.85 bits per heavy atom. The van der Waals surface area contributed by atoms with Crippen LogP contribution >= 0.6 is 33.2 Å². The van der Waals surface area contributed by atoms with Gasteiger partial charge in [0.2, 0.25) is 0 Å². The quantitative estimate of drug-likeness (QED) is 0.322. The van der Waals surface area contributed by atoms with Gasteiger partial charge in [-0.3, -0.25) is 9.52 Å². The molecule has 7 heteroatoms. The summed E-state index contributed by atoms with van der Waals surface area (Å²) in [6.07, 6.45) is 2.30. The molecule has 0 spiro atoms. The van der Waals surface area contributed by atoms with Gasteiger partial charge in [0.05, 0.1) is 4.58 Å². The van der Waals surface area contributed by atoms with E-state index < -0.39 is 21.6 Å². The molecule has 0 radical (unpaired) electrons. The van der Waals surface area contributed by atoms with Gasteiger partial charge in [0, 0.05) is 0 Å². The molecule has 3 unspecified atom stereocenters. The predicted molar refractivity (Wildman–Crippen MR) is 59.5 cm³/mol. The fourth-order valence-electron chi connectivity index (χ4n) is 1.00. The van der Waals surface area contributed by atoms with E-state index in [2.05, 4.69) is 17.5 Å². The molecule has 0 aromatic rings. The molecule has 1 rings (SSSR count). The molecule has 0 aromatic heterocycles. The van der Waals surface area contributed by atoms with Crippen molar-refractivity contribution in [3.05, 3.63) is 0 Å². The van der Waals surface area contributed by atoms with E-state index in [0.717, 1.165) is 12.8 Å². The molecular weight excluding hydrogens is 228 g/mol. The van der Waals surface area contributed by atoms with Gasteiger partial charge in [0.1, 0.15) is 6.04 Å². The average molecular weight is 240 g/mol. The van der Waals surface area contributed by atoms with E-state index in [1.54, 1.807) is 10.8 Å². The second-order valence-corrected chi connectivity index (χ2v) is 7.18. The van der Waals surface area contributed by atoms with Crippen molar-refractivity contribution in [2.45, 2.75) is 29.9 Å². The third kappa shape index (κ3) is 3.83. The summed E-state index contributed by atoms with van der Waals surface area (Å²) >= 11 is 3.73. The van der Waals surface area contributed by atoms with Gasteiger partial charge in [-0.1, -0.05) is 23.6 Å². The van der Waals surface area contributed by atoms with E-state index in [9.17, 15) is 4.79 Å². The van der Waals surface area contributed by atoms with Crippen molar-refractivity contribution in [2.75, 3.05) is 0 Å². The van der Waals surface area contributed by atoms with E-state index in [0.29, 0.717) is 11.0 Å². The Morgan fingerprint density at radius 1 is 1.85 bits per heavy atom. The number of nitrogens with zero attached hydrogens (tertiary/aromatic N) is 1. The minimum atomic E-state index is -0.871. The molecule has 13 heavy (non-hydrogen) atoms. The topological polar surface area (TPSA) is 73.1 Å². The largest absolute Gasteiger partial charge is 0.480 e. The molecule has 4 nitrogen and oxygen atoms in total. The van der Waals surface area contributed by atoms with E-state index in [1.807, 2.05) is 0 Å². The zero-order valence-electron chi connectivity index (χ0n) is 6.88. The van der Waals surface area contributed by atoms with E-state index in [-0.39, 0.29) is 0 Å². The first-order valence-corrected chi connectivity index (χ1v) is 7.22. The Labute approximate surface area is 88.4 Å². The number of thiol groups is 2. The fraction of sp³-hybridized carbons (Fsp3) is 0.833. The van der Waals surface area contributed by atoms with Crippen molar-refractivity contribution in [3.8, 4) is 0 Å². The van der Waals surface area contributed by atoms with Crippen LogP contribution in [0.2, 0.25) is 0 Å². The van der Waals surface area contributed by atoms with Crippen LogP contribution in [0.15, 0.2) is 0 Å². The molecule has 1 fully saturated rings. The Bertz CT molecular complexity index is 262. The van der Waals surface area contributed by atoms with Gasteiger partial charge >= 0.3 is 5.97 Å². The second kappa shape index (κ2) is 5.17. The van der Waals surface area contributed by atoms with Crippen LogP contribution in [0.25, 0.3) is 0 Å². The summed E-state index contributed by atoms with van der Waals surface area (Å²) in [4.78, 5) is 10.5. The summed E-state index contributed by atoms with van der Waals surface area (Å²) in [7, 11) is 0.838. The molecule has 76 valence electrons. The van der Waals surface area contributed by atoms with Crippen LogP contribution < -0.4 is 4.72 Å². The maximum atomic E-state index is 10.5. The zero-order valence-corrected chi connectivity index (χ0v) is 9.49. The van der Waals surface area contributed by atoms with Gasteiger partial charge in [0.25, 0.3) is 0 Å². The molecule has 0 aliphatic carbocycles. The number of hydrogen-bond acceptors (Lipinski definition) is 5. The van der Waals surface area contributed by atoms with E-state index >= 15 is 0 Å². The maximum Gasteiger partial charge on any atom is 0.321 e. The summed E-state index contributed by atoms with van der Waals surface area (Å²) in [6.45, 7) is 0. The second-order valence-electron chi connectivity index (χ2n) is 2.81. The standard InChI is InChI=1S/C6H12N2O2S3/c7-13-5(12-13)3-1-2-4(8-11)6(9)10/h4-5,8,11,13H,1-3H2,(H,9,10). The predicted octanol–water partition coefficient (Wildman–Crippen LogP) is 1.51. The Morgan fingerprint density at radius 2 is 2.46 bits per heavy atom. The molecule has 2 N–H and O–H groups in total. The smallest absolute Gasteiger partial charge is 0.321 e. The number of carboxylic acids is 1. The van der Waals surface area contributed by atoms with Crippen LogP contribution in [0.5, 0.6) is 0 Å². The highest BCUT2D eigenvalue weighted by Gasteiger charge is 2.29. The van der Waals surface area contributed by atoms with Gasteiger partial charge in [-0.15, -0.1) is 0 Å². The Kier molecular flexibility index (Phi) is 4.48. The Balaban J connectivity index is 2.10. The number of carbonyl (C=O) groups is 1. The molecule has 1 aliphatic heterocycles. The zero-order chi connectivity index (χ0) is 9.84. The van der Waals surface area contributed by atoms with Crippen LogP contribution in [-0.4, -0.2) is 21.7 Å². The van der Waals surface area contributed by atoms with Gasteiger partial charge in [-0.25, -0.2) is 4.61 Å². The third-order valence-corrected chi connectivity index (χ3v) is 5.59. The lowest BCUT2D eigenvalue weighted by Crippen LogP contribution is -2.30.